The average molecular weight is 310 g/mol. The van der Waals surface area contributed by atoms with E-state index < -0.39 is 0 Å². The average Bonchev–Trinajstić information content (AvgIpc) is 2.47. The van der Waals surface area contributed by atoms with E-state index in [0.717, 1.165) is 5.56 Å². The highest BCUT2D eigenvalue weighted by Gasteiger charge is 2.14. The molecule has 0 unspecified atom stereocenters. The lowest BCUT2D eigenvalue weighted by atomic mass is 10.1. The highest BCUT2D eigenvalue weighted by molar-refractivity contribution is 7.80. The number of methoxy groups -OCH3 is 2. The van der Waals surface area contributed by atoms with Gasteiger partial charge < -0.3 is 20.1 Å². The molecular weight excluding hydrogens is 288 g/mol. The van der Waals surface area contributed by atoms with Crippen LogP contribution in [0.3, 0.4) is 0 Å². The summed E-state index contributed by atoms with van der Waals surface area (Å²) in [7, 11) is 3.15. The molecule has 0 radical (unpaired) electrons. The van der Waals surface area contributed by atoms with Gasteiger partial charge in [-0.05, 0) is 24.6 Å². The van der Waals surface area contributed by atoms with Crippen molar-refractivity contribution < 1.29 is 14.3 Å². The van der Waals surface area contributed by atoms with Crippen LogP contribution in [0.15, 0.2) is 18.2 Å². The van der Waals surface area contributed by atoms with Gasteiger partial charge in [0.05, 0.1) is 25.6 Å². The summed E-state index contributed by atoms with van der Waals surface area (Å²) in [5.74, 6) is 1.31. The third kappa shape index (κ3) is 5.23. The monoisotopic (exact) mass is 310 g/mol. The number of rotatable bonds is 8. The number of amides is 1. The van der Waals surface area contributed by atoms with Gasteiger partial charge in [-0.15, -0.1) is 0 Å². The molecule has 0 spiro atoms. The van der Waals surface area contributed by atoms with Crippen molar-refractivity contribution in [2.24, 2.45) is 5.73 Å². The Balaban J connectivity index is 2.74. The first-order valence-corrected chi connectivity index (χ1v) is 7.19. The van der Waals surface area contributed by atoms with Crippen LogP contribution in [0.25, 0.3) is 0 Å². The normalized spacial score (nSPS) is 10.0. The second kappa shape index (κ2) is 8.46. The van der Waals surface area contributed by atoms with Crippen LogP contribution in [0.5, 0.6) is 11.5 Å². The third-order valence-electron chi connectivity index (χ3n) is 3.17. The Morgan fingerprint density at radius 1 is 1.29 bits per heavy atom. The highest BCUT2D eigenvalue weighted by atomic mass is 32.1. The van der Waals surface area contributed by atoms with Crippen molar-refractivity contribution in [3.8, 4) is 11.5 Å². The molecule has 5 nitrogen and oxygen atoms in total. The predicted molar refractivity (Wildman–Crippen MR) is 86.9 cm³/mol. The Labute approximate surface area is 131 Å². The van der Waals surface area contributed by atoms with Crippen molar-refractivity contribution in [3.63, 3.8) is 0 Å². The highest BCUT2D eigenvalue weighted by Crippen LogP contribution is 2.27. The molecule has 0 fully saturated rings. The number of hydrogen-bond acceptors (Lipinski definition) is 4. The van der Waals surface area contributed by atoms with Crippen LogP contribution in [-0.2, 0) is 11.2 Å². The Hall–Kier alpha value is -1.82. The first-order valence-electron chi connectivity index (χ1n) is 6.78. The van der Waals surface area contributed by atoms with Crippen LogP contribution < -0.4 is 15.2 Å². The van der Waals surface area contributed by atoms with E-state index in [1.54, 1.807) is 25.2 Å². The Kier molecular flexibility index (Phi) is 6.94. The number of nitrogens with two attached hydrogens (primary N) is 1. The van der Waals surface area contributed by atoms with Gasteiger partial charge in [0.1, 0.15) is 0 Å². The molecular formula is C15H22N2O3S. The minimum absolute atomic E-state index is 0.0426. The topological polar surface area (TPSA) is 64.8 Å². The summed E-state index contributed by atoms with van der Waals surface area (Å²) >= 11 is 4.85. The molecule has 0 aliphatic carbocycles. The molecule has 1 rings (SSSR count). The number of likely N-dealkylation sites (N-methyl/N-ethyl adjacent to an activating group) is 1. The summed E-state index contributed by atoms with van der Waals surface area (Å²) in [6, 6.07) is 5.48. The smallest absolute Gasteiger partial charge is 0.226 e. The Morgan fingerprint density at radius 2 is 1.95 bits per heavy atom. The number of carbonyl (C=O) groups is 1. The van der Waals surface area contributed by atoms with Crippen molar-refractivity contribution in [1.29, 1.82) is 0 Å². The van der Waals surface area contributed by atoms with Crippen molar-refractivity contribution in [3.05, 3.63) is 23.8 Å². The maximum Gasteiger partial charge on any atom is 0.226 e. The van der Waals surface area contributed by atoms with Gasteiger partial charge in [-0.2, -0.15) is 0 Å². The van der Waals surface area contributed by atoms with Gasteiger partial charge in [0, 0.05) is 19.5 Å². The largest absolute Gasteiger partial charge is 0.493 e. The van der Waals surface area contributed by atoms with E-state index >= 15 is 0 Å². The number of carbonyl (C=O) groups excluding carboxylic acids is 1. The lowest BCUT2D eigenvalue weighted by molar-refractivity contribution is -0.130. The first-order chi connectivity index (χ1) is 10.0. The van der Waals surface area contributed by atoms with Crippen LogP contribution in [0.4, 0.5) is 0 Å². The van der Waals surface area contributed by atoms with Gasteiger partial charge in [-0.1, -0.05) is 18.3 Å². The maximum absolute atomic E-state index is 12.3. The zero-order chi connectivity index (χ0) is 15.8. The number of nitrogens with zero attached hydrogens (tertiary/aromatic N) is 1. The zero-order valence-electron chi connectivity index (χ0n) is 12.7. The van der Waals surface area contributed by atoms with Crippen LogP contribution in [0.2, 0.25) is 0 Å². The van der Waals surface area contributed by atoms with Gasteiger partial charge in [-0.25, -0.2) is 0 Å². The number of benzene rings is 1. The molecule has 0 atom stereocenters. The fourth-order valence-electron chi connectivity index (χ4n) is 1.98. The standard InChI is InChI=1S/C15H22N2O3S/c1-4-17(8-7-14(16)21)15(18)10-11-5-6-12(19-2)13(9-11)20-3/h5-6,9H,4,7-8,10H2,1-3H3,(H2,16,21). The van der Waals surface area contributed by atoms with Gasteiger partial charge in [0.25, 0.3) is 0 Å². The zero-order valence-corrected chi connectivity index (χ0v) is 13.5. The van der Waals surface area contributed by atoms with Gasteiger partial charge in [0.2, 0.25) is 5.91 Å². The molecule has 1 aromatic carbocycles. The van der Waals surface area contributed by atoms with Crippen LogP contribution in [0.1, 0.15) is 18.9 Å². The van der Waals surface area contributed by atoms with Crippen molar-refractivity contribution in [2.75, 3.05) is 27.3 Å². The van der Waals surface area contributed by atoms with Crippen molar-refractivity contribution in [1.82, 2.24) is 4.90 Å². The van der Waals surface area contributed by atoms with Crippen molar-refractivity contribution >= 4 is 23.1 Å². The summed E-state index contributed by atoms with van der Waals surface area (Å²) < 4.78 is 10.4. The minimum atomic E-state index is 0.0426. The summed E-state index contributed by atoms with van der Waals surface area (Å²) in [6.07, 6.45) is 0.854. The van der Waals surface area contributed by atoms with Crippen LogP contribution in [0, 0.1) is 0 Å². The minimum Gasteiger partial charge on any atom is -0.493 e. The van der Waals surface area contributed by atoms with Gasteiger partial charge >= 0.3 is 0 Å². The molecule has 0 saturated heterocycles. The fourth-order valence-corrected chi connectivity index (χ4v) is 2.07. The summed E-state index contributed by atoms with van der Waals surface area (Å²) in [4.78, 5) is 14.4. The van der Waals surface area contributed by atoms with Crippen LogP contribution >= 0.6 is 12.2 Å². The fraction of sp³-hybridized carbons (Fsp3) is 0.467. The summed E-state index contributed by atoms with van der Waals surface area (Å²) in [5.41, 5.74) is 6.36. The maximum atomic E-state index is 12.3. The summed E-state index contributed by atoms with van der Waals surface area (Å²) in [5, 5.41) is 0. The lowest BCUT2D eigenvalue weighted by Gasteiger charge is -2.21. The Morgan fingerprint density at radius 3 is 2.48 bits per heavy atom. The quantitative estimate of drug-likeness (QED) is 0.741. The van der Waals surface area contributed by atoms with E-state index in [2.05, 4.69) is 0 Å². The molecule has 0 bridgehead atoms. The van der Waals surface area contributed by atoms with Crippen molar-refractivity contribution in [2.45, 2.75) is 19.8 Å². The molecule has 116 valence electrons. The molecule has 6 heteroatoms. The lowest BCUT2D eigenvalue weighted by Crippen LogP contribution is -2.34. The van der Waals surface area contributed by atoms with Gasteiger partial charge in [0.15, 0.2) is 11.5 Å². The third-order valence-corrected chi connectivity index (χ3v) is 3.37. The molecule has 21 heavy (non-hydrogen) atoms. The predicted octanol–water partition coefficient (Wildman–Crippen LogP) is 1.77. The number of hydrogen-bond donors (Lipinski definition) is 1. The number of ether oxygens (including phenoxy) is 2. The second-order valence-corrected chi connectivity index (χ2v) is 5.08. The molecule has 0 aliphatic heterocycles. The molecule has 0 aliphatic rings. The SMILES string of the molecule is CCN(CCC(N)=S)C(=O)Cc1ccc(OC)c(OC)c1. The molecule has 2 N–H and O–H groups in total. The molecule has 0 heterocycles. The van der Waals surface area contributed by atoms with Crippen LogP contribution in [-0.4, -0.2) is 43.1 Å². The number of thiocarbonyl (C=S) groups is 1. The van der Waals surface area contributed by atoms with E-state index in [4.69, 9.17) is 27.4 Å². The molecule has 0 saturated carbocycles. The first kappa shape index (κ1) is 17.2. The molecule has 1 aromatic rings. The molecule has 0 aromatic heterocycles. The van der Waals surface area contributed by atoms with E-state index in [-0.39, 0.29) is 5.91 Å². The molecule has 1 amide bonds. The van der Waals surface area contributed by atoms with E-state index in [0.29, 0.717) is 42.4 Å². The second-order valence-electron chi connectivity index (χ2n) is 4.56. The van der Waals surface area contributed by atoms with E-state index in [1.165, 1.54) is 0 Å². The van der Waals surface area contributed by atoms with Gasteiger partial charge in [-0.3, -0.25) is 4.79 Å². The van der Waals surface area contributed by atoms with E-state index in [9.17, 15) is 4.79 Å². The Bertz CT molecular complexity index is 506. The van der Waals surface area contributed by atoms with E-state index in [1.807, 2.05) is 19.1 Å². The summed E-state index contributed by atoms with van der Waals surface area (Å²) in [6.45, 7) is 3.12.